The third-order valence-corrected chi connectivity index (χ3v) is 4.21. The lowest BCUT2D eigenvalue weighted by Gasteiger charge is -2.15. The number of hydrogen-bond acceptors (Lipinski definition) is 3. The molecular formula is C12H17ClN2OS. The van der Waals surface area contributed by atoms with Gasteiger partial charge in [-0.15, -0.1) is 22.9 Å². The highest BCUT2D eigenvalue weighted by Crippen LogP contribution is 2.32. The van der Waals surface area contributed by atoms with Gasteiger partial charge in [0.2, 0.25) is 5.91 Å². The number of alkyl halides is 1. The Morgan fingerprint density at radius 1 is 1.59 bits per heavy atom. The van der Waals surface area contributed by atoms with Gasteiger partial charge in [-0.25, -0.2) is 4.98 Å². The van der Waals surface area contributed by atoms with Crippen LogP contribution in [0.5, 0.6) is 0 Å². The Hall–Kier alpha value is -0.610. The summed E-state index contributed by atoms with van der Waals surface area (Å²) in [4.78, 5) is 18.2. The smallest absolute Gasteiger partial charge is 0.229 e. The summed E-state index contributed by atoms with van der Waals surface area (Å²) in [6, 6.07) is 0. The van der Waals surface area contributed by atoms with E-state index in [1.54, 1.807) is 16.2 Å². The fraction of sp³-hybridized carbons (Fsp3) is 0.667. The van der Waals surface area contributed by atoms with Gasteiger partial charge in [-0.05, 0) is 5.92 Å². The molecule has 3 nitrogen and oxygen atoms in total. The van der Waals surface area contributed by atoms with Crippen molar-refractivity contribution in [2.24, 2.45) is 5.92 Å². The summed E-state index contributed by atoms with van der Waals surface area (Å²) in [5, 5.41) is 2.85. The first kappa shape index (κ1) is 12.8. The highest BCUT2D eigenvalue weighted by Gasteiger charge is 2.32. The van der Waals surface area contributed by atoms with E-state index in [0.29, 0.717) is 18.8 Å². The van der Waals surface area contributed by atoms with E-state index in [9.17, 15) is 4.79 Å². The van der Waals surface area contributed by atoms with Crippen molar-refractivity contribution in [3.8, 4) is 0 Å². The molecule has 0 bridgehead atoms. The average molecular weight is 273 g/mol. The Morgan fingerprint density at radius 2 is 2.29 bits per heavy atom. The van der Waals surface area contributed by atoms with Crippen molar-refractivity contribution in [3.05, 3.63) is 11.1 Å². The second kappa shape index (κ2) is 4.58. The van der Waals surface area contributed by atoms with Gasteiger partial charge in [0.1, 0.15) is 0 Å². The van der Waals surface area contributed by atoms with E-state index < -0.39 is 0 Å². The van der Waals surface area contributed by atoms with Crippen molar-refractivity contribution in [3.63, 3.8) is 0 Å². The predicted molar refractivity (Wildman–Crippen MR) is 72.0 cm³/mol. The Kier molecular flexibility index (Phi) is 3.46. The zero-order chi connectivity index (χ0) is 12.6. The molecule has 0 spiro atoms. The van der Waals surface area contributed by atoms with Crippen LogP contribution in [0.25, 0.3) is 0 Å². The molecule has 1 unspecified atom stereocenters. The third kappa shape index (κ3) is 2.63. The summed E-state index contributed by atoms with van der Waals surface area (Å²) in [5.74, 6) is 0.955. The van der Waals surface area contributed by atoms with Gasteiger partial charge >= 0.3 is 0 Å². The van der Waals surface area contributed by atoms with Crippen LogP contribution in [-0.2, 0) is 10.2 Å². The molecule has 5 heteroatoms. The van der Waals surface area contributed by atoms with E-state index in [2.05, 4.69) is 25.8 Å². The molecule has 2 rings (SSSR count). The number of thiazole rings is 1. The van der Waals surface area contributed by atoms with Gasteiger partial charge in [-0.2, -0.15) is 0 Å². The fourth-order valence-electron chi connectivity index (χ4n) is 1.80. The minimum atomic E-state index is 0.0312. The molecule has 0 aliphatic carbocycles. The molecule has 1 aliphatic rings. The molecule has 0 N–H and O–H groups in total. The van der Waals surface area contributed by atoms with Crippen LogP contribution in [0.15, 0.2) is 5.38 Å². The van der Waals surface area contributed by atoms with Crippen LogP contribution in [0.1, 0.15) is 32.9 Å². The summed E-state index contributed by atoms with van der Waals surface area (Å²) in [5.41, 5.74) is 1.07. The fourth-order valence-corrected chi connectivity index (χ4v) is 3.09. The maximum atomic E-state index is 11.8. The van der Waals surface area contributed by atoms with Crippen LogP contribution in [-0.4, -0.2) is 23.3 Å². The van der Waals surface area contributed by atoms with Gasteiger partial charge in [0.15, 0.2) is 5.13 Å². The van der Waals surface area contributed by atoms with Crippen LogP contribution in [0.3, 0.4) is 0 Å². The lowest BCUT2D eigenvalue weighted by molar-refractivity contribution is -0.117. The zero-order valence-electron chi connectivity index (χ0n) is 10.4. The first-order valence-corrected chi connectivity index (χ1v) is 7.15. The van der Waals surface area contributed by atoms with Gasteiger partial charge in [0.25, 0.3) is 0 Å². The second-order valence-electron chi connectivity index (χ2n) is 5.49. The third-order valence-electron chi connectivity index (χ3n) is 2.91. The van der Waals surface area contributed by atoms with Crippen molar-refractivity contribution >= 4 is 34.0 Å². The standard InChI is InChI=1S/C12H17ClN2OS/c1-12(2,3)9-7-17-11(14-9)15-6-8(5-13)4-10(15)16/h7-8H,4-6H2,1-3H3. The number of carbonyl (C=O) groups excluding carboxylic acids is 1. The quantitative estimate of drug-likeness (QED) is 0.776. The minimum Gasteiger partial charge on any atom is -0.288 e. The molecule has 1 atom stereocenters. The zero-order valence-corrected chi connectivity index (χ0v) is 11.9. The molecule has 1 amide bonds. The first-order valence-electron chi connectivity index (χ1n) is 5.74. The highest BCUT2D eigenvalue weighted by molar-refractivity contribution is 7.14. The van der Waals surface area contributed by atoms with Gasteiger partial charge in [-0.3, -0.25) is 9.69 Å². The summed E-state index contributed by atoms with van der Waals surface area (Å²) in [6.07, 6.45) is 0.550. The average Bonchev–Trinajstić information content (AvgIpc) is 2.82. The second-order valence-corrected chi connectivity index (χ2v) is 6.64. The number of nitrogens with zero attached hydrogens (tertiary/aromatic N) is 2. The lowest BCUT2D eigenvalue weighted by Crippen LogP contribution is -2.25. The number of amides is 1. The SMILES string of the molecule is CC(C)(C)c1csc(N2CC(CCl)CC2=O)n1. The van der Waals surface area contributed by atoms with Gasteiger partial charge in [0, 0.05) is 29.6 Å². The number of aromatic nitrogens is 1. The summed E-state index contributed by atoms with van der Waals surface area (Å²) in [7, 11) is 0. The van der Waals surface area contributed by atoms with Gasteiger partial charge < -0.3 is 0 Å². The van der Waals surface area contributed by atoms with Crippen LogP contribution in [0, 0.1) is 5.92 Å². The molecule has 0 aromatic carbocycles. The molecule has 17 heavy (non-hydrogen) atoms. The summed E-state index contributed by atoms with van der Waals surface area (Å²) < 4.78 is 0. The molecule has 1 fully saturated rings. The Labute approximate surface area is 111 Å². The number of rotatable bonds is 2. The van der Waals surface area contributed by atoms with Crippen LogP contribution in [0.2, 0.25) is 0 Å². The topological polar surface area (TPSA) is 33.2 Å². The van der Waals surface area contributed by atoms with Gasteiger partial charge in [0.05, 0.1) is 5.69 Å². The predicted octanol–water partition coefficient (Wildman–Crippen LogP) is 3.03. The molecule has 1 aliphatic heterocycles. The Morgan fingerprint density at radius 3 is 2.76 bits per heavy atom. The first-order chi connectivity index (χ1) is 7.91. The van der Waals surface area contributed by atoms with Crippen molar-refractivity contribution in [2.45, 2.75) is 32.6 Å². The van der Waals surface area contributed by atoms with Crippen molar-refractivity contribution in [1.82, 2.24) is 4.98 Å². The van der Waals surface area contributed by atoms with E-state index in [1.165, 1.54) is 0 Å². The molecule has 94 valence electrons. The molecule has 0 saturated carbocycles. The molecular weight excluding hydrogens is 256 g/mol. The Bertz CT molecular complexity index is 424. The highest BCUT2D eigenvalue weighted by atomic mass is 35.5. The number of anilines is 1. The minimum absolute atomic E-state index is 0.0312. The van der Waals surface area contributed by atoms with E-state index in [1.807, 2.05) is 5.38 Å². The lowest BCUT2D eigenvalue weighted by atomic mass is 9.93. The maximum absolute atomic E-state index is 11.8. The van der Waals surface area contributed by atoms with E-state index >= 15 is 0 Å². The molecule has 1 saturated heterocycles. The van der Waals surface area contributed by atoms with Crippen molar-refractivity contribution in [1.29, 1.82) is 0 Å². The normalized spacial score (nSPS) is 21.3. The van der Waals surface area contributed by atoms with E-state index in [4.69, 9.17) is 11.6 Å². The van der Waals surface area contributed by atoms with E-state index in [-0.39, 0.29) is 17.2 Å². The molecule has 1 aromatic heterocycles. The van der Waals surface area contributed by atoms with Crippen LogP contribution in [0.4, 0.5) is 5.13 Å². The van der Waals surface area contributed by atoms with Crippen molar-refractivity contribution in [2.75, 3.05) is 17.3 Å². The summed E-state index contributed by atoms with van der Waals surface area (Å²) >= 11 is 7.35. The largest absolute Gasteiger partial charge is 0.288 e. The van der Waals surface area contributed by atoms with E-state index in [0.717, 1.165) is 10.8 Å². The van der Waals surface area contributed by atoms with Crippen LogP contribution >= 0.6 is 22.9 Å². The van der Waals surface area contributed by atoms with Crippen LogP contribution < -0.4 is 4.90 Å². The molecule has 1 aromatic rings. The monoisotopic (exact) mass is 272 g/mol. The Balaban J connectivity index is 2.19. The molecule has 2 heterocycles. The number of hydrogen-bond donors (Lipinski definition) is 0. The maximum Gasteiger partial charge on any atom is 0.229 e. The number of carbonyl (C=O) groups is 1. The van der Waals surface area contributed by atoms with Gasteiger partial charge in [-0.1, -0.05) is 20.8 Å². The molecule has 0 radical (unpaired) electrons. The summed E-state index contributed by atoms with van der Waals surface area (Å²) in [6.45, 7) is 7.08. The van der Waals surface area contributed by atoms with Crippen molar-refractivity contribution < 1.29 is 4.79 Å². The number of halogens is 1.